The van der Waals surface area contributed by atoms with Crippen LogP contribution in [0.5, 0.6) is 0 Å². The molecule has 6 nitrogen and oxygen atoms in total. The summed E-state index contributed by atoms with van der Waals surface area (Å²) in [5.41, 5.74) is 2.09. The molecule has 1 aromatic heterocycles. The molecule has 4 rings (SSSR count). The van der Waals surface area contributed by atoms with Gasteiger partial charge in [-0.2, -0.15) is 0 Å². The number of fused-ring (bicyclic) bond motifs is 1. The van der Waals surface area contributed by atoms with Gasteiger partial charge >= 0.3 is 5.97 Å². The maximum Gasteiger partial charge on any atom is 0.339 e. The number of nitrogens with one attached hydrogen (secondary N) is 1. The monoisotopic (exact) mass is 408 g/mol. The van der Waals surface area contributed by atoms with E-state index in [-0.39, 0.29) is 24.4 Å². The van der Waals surface area contributed by atoms with Crippen LogP contribution in [0.25, 0.3) is 22.2 Å². The third-order valence-corrected chi connectivity index (χ3v) is 4.96. The summed E-state index contributed by atoms with van der Waals surface area (Å²) in [4.78, 5) is 29.3. The maximum atomic E-state index is 13.3. The summed E-state index contributed by atoms with van der Waals surface area (Å²) in [6.07, 6.45) is 1.92. The van der Waals surface area contributed by atoms with E-state index in [0.29, 0.717) is 40.9 Å². The second kappa shape index (κ2) is 9.00. The largest absolute Gasteiger partial charge is 0.452 e. The van der Waals surface area contributed by atoms with Gasteiger partial charge < -0.3 is 14.8 Å². The van der Waals surface area contributed by atoms with Crippen LogP contribution in [0.1, 0.15) is 23.2 Å². The Kier molecular flexibility index (Phi) is 5.99. The molecule has 1 saturated heterocycles. The third kappa shape index (κ3) is 4.63. The summed E-state index contributed by atoms with van der Waals surface area (Å²) in [6, 6.07) is 14.6. The zero-order chi connectivity index (χ0) is 20.9. The predicted molar refractivity (Wildman–Crippen MR) is 109 cm³/mol. The van der Waals surface area contributed by atoms with Crippen LogP contribution in [-0.2, 0) is 14.3 Å². The Bertz CT molecular complexity index is 1060. The molecule has 0 radical (unpaired) electrons. The summed E-state index contributed by atoms with van der Waals surface area (Å²) < 4.78 is 24.0. The highest BCUT2D eigenvalue weighted by Crippen LogP contribution is 2.25. The minimum atomic E-state index is -0.621. The Morgan fingerprint density at radius 3 is 2.73 bits per heavy atom. The summed E-state index contributed by atoms with van der Waals surface area (Å²) in [5, 5.41) is 3.34. The van der Waals surface area contributed by atoms with E-state index >= 15 is 0 Å². The number of pyridine rings is 1. The van der Waals surface area contributed by atoms with Crippen LogP contribution in [0.3, 0.4) is 0 Å². The highest BCUT2D eigenvalue weighted by molar-refractivity contribution is 6.05. The third-order valence-electron chi connectivity index (χ3n) is 4.96. The van der Waals surface area contributed by atoms with E-state index in [2.05, 4.69) is 10.3 Å². The van der Waals surface area contributed by atoms with Crippen molar-refractivity contribution in [2.75, 3.05) is 19.8 Å². The van der Waals surface area contributed by atoms with E-state index in [1.54, 1.807) is 36.4 Å². The van der Waals surface area contributed by atoms with Crippen LogP contribution in [0.2, 0.25) is 0 Å². The Morgan fingerprint density at radius 2 is 1.97 bits per heavy atom. The van der Waals surface area contributed by atoms with Crippen molar-refractivity contribution in [1.82, 2.24) is 10.3 Å². The minimum absolute atomic E-state index is 0.0204. The van der Waals surface area contributed by atoms with Gasteiger partial charge in [0.2, 0.25) is 0 Å². The van der Waals surface area contributed by atoms with Gasteiger partial charge in [0.05, 0.1) is 22.9 Å². The first kappa shape index (κ1) is 20.0. The number of nitrogens with zero attached hydrogens (tertiary/aromatic N) is 1. The molecule has 154 valence electrons. The fraction of sp³-hybridized carbons (Fsp3) is 0.261. The van der Waals surface area contributed by atoms with Gasteiger partial charge in [0, 0.05) is 24.1 Å². The molecule has 30 heavy (non-hydrogen) atoms. The highest BCUT2D eigenvalue weighted by Gasteiger charge is 2.19. The Hall–Kier alpha value is -3.32. The summed E-state index contributed by atoms with van der Waals surface area (Å²) in [5.74, 6) is -1.35. The molecule has 1 fully saturated rings. The number of halogens is 1. The summed E-state index contributed by atoms with van der Waals surface area (Å²) in [7, 11) is 0. The van der Waals surface area contributed by atoms with Gasteiger partial charge in [-0.3, -0.25) is 4.79 Å². The quantitative estimate of drug-likeness (QED) is 0.632. The first-order valence-corrected chi connectivity index (χ1v) is 9.81. The lowest BCUT2D eigenvalue weighted by atomic mass is 10.0. The molecule has 2 heterocycles. The molecular formula is C23H21FN2O4. The van der Waals surface area contributed by atoms with Crippen LogP contribution in [0.4, 0.5) is 4.39 Å². The van der Waals surface area contributed by atoms with Gasteiger partial charge in [0.25, 0.3) is 5.91 Å². The number of aromatic nitrogens is 1. The van der Waals surface area contributed by atoms with Crippen LogP contribution in [-0.4, -0.2) is 42.7 Å². The lowest BCUT2D eigenvalue weighted by Crippen LogP contribution is -2.34. The molecular weight excluding hydrogens is 387 g/mol. The van der Waals surface area contributed by atoms with Crippen molar-refractivity contribution in [2.45, 2.75) is 18.9 Å². The number of amides is 1. The molecule has 3 aromatic rings. The SMILES string of the molecule is O=C(COC(=O)c1cc(-c2ccc(F)cc2)nc2ccccc12)NC[C@H]1CCCO1. The van der Waals surface area contributed by atoms with Crippen molar-refractivity contribution in [3.05, 3.63) is 66.0 Å². The van der Waals surface area contributed by atoms with Crippen LogP contribution in [0, 0.1) is 5.82 Å². The molecule has 7 heteroatoms. The van der Waals surface area contributed by atoms with E-state index in [1.165, 1.54) is 12.1 Å². The van der Waals surface area contributed by atoms with Crippen LogP contribution >= 0.6 is 0 Å². The molecule has 1 N–H and O–H groups in total. The molecule has 1 atom stereocenters. The van der Waals surface area contributed by atoms with Crippen molar-refractivity contribution in [2.24, 2.45) is 0 Å². The number of hydrogen-bond donors (Lipinski definition) is 1. The molecule has 0 aliphatic carbocycles. The molecule has 0 unspecified atom stereocenters. The summed E-state index contributed by atoms with van der Waals surface area (Å²) >= 11 is 0. The highest BCUT2D eigenvalue weighted by atomic mass is 19.1. The van der Waals surface area contributed by atoms with E-state index in [4.69, 9.17) is 9.47 Å². The molecule has 1 aliphatic heterocycles. The average molecular weight is 408 g/mol. The number of ether oxygens (including phenoxy) is 2. The van der Waals surface area contributed by atoms with Gasteiger partial charge in [-0.05, 0) is 49.2 Å². The number of benzene rings is 2. The zero-order valence-electron chi connectivity index (χ0n) is 16.3. The number of esters is 1. The Morgan fingerprint density at radius 1 is 1.17 bits per heavy atom. The van der Waals surface area contributed by atoms with Gasteiger partial charge in [0.1, 0.15) is 5.82 Å². The van der Waals surface area contributed by atoms with Crippen molar-refractivity contribution < 1.29 is 23.5 Å². The van der Waals surface area contributed by atoms with E-state index in [9.17, 15) is 14.0 Å². The van der Waals surface area contributed by atoms with E-state index < -0.39 is 5.97 Å². The topological polar surface area (TPSA) is 77.5 Å². The standard InChI is InChI=1S/C23H21FN2O4/c24-16-9-7-15(8-10-16)21-12-19(18-5-1-2-6-20(18)26-21)23(28)30-14-22(27)25-13-17-4-3-11-29-17/h1-2,5-10,12,17H,3-4,11,13-14H2,(H,25,27)/t17-/m1/s1. The van der Waals surface area contributed by atoms with Gasteiger partial charge in [-0.1, -0.05) is 18.2 Å². The molecule has 0 spiro atoms. The van der Waals surface area contributed by atoms with Crippen molar-refractivity contribution in [1.29, 1.82) is 0 Å². The number of carbonyl (C=O) groups is 2. The second-order valence-corrected chi connectivity index (χ2v) is 7.09. The minimum Gasteiger partial charge on any atom is -0.452 e. The maximum absolute atomic E-state index is 13.3. The normalized spacial score (nSPS) is 15.8. The van der Waals surface area contributed by atoms with Crippen LogP contribution < -0.4 is 5.32 Å². The van der Waals surface area contributed by atoms with Crippen LogP contribution in [0.15, 0.2) is 54.6 Å². The Balaban J connectivity index is 1.50. The molecule has 0 saturated carbocycles. The lowest BCUT2D eigenvalue weighted by Gasteiger charge is -2.12. The average Bonchev–Trinajstić information content (AvgIpc) is 3.29. The van der Waals surface area contributed by atoms with E-state index in [1.807, 2.05) is 6.07 Å². The smallest absolute Gasteiger partial charge is 0.339 e. The van der Waals surface area contributed by atoms with Crippen molar-refractivity contribution >= 4 is 22.8 Å². The molecule has 1 aliphatic rings. The fourth-order valence-corrected chi connectivity index (χ4v) is 3.41. The fourth-order valence-electron chi connectivity index (χ4n) is 3.41. The summed E-state index contributed by atoms with van der Waals surface area (Å²) in [6.45, 7) is 0.735. The zero-order valence-corrected chi connectivity index (χ0v) is 16.3. The van der Waals surface area contributed by atoms with E-state index in [0.717, 1.165) is 12.8 Å². The van der Waals surface area contributed by atoms with Crippen molar-refractivity contribution in [3.63, 3.8) is 0 Å². The number of rotatable bonds is 6. The second-order valence-electron chi connectivity index (χ2n) is 7.09. The van der Waals surface area contributed by atoms with Crippen molar-refractivity contribution in [3.8, 4) is 11.3 Å². The van der Waals surface area contributed by atoms with Gasteiger partial charge in [0.15, 0.2) is 6.61 Å². The lowest BCUT2D eigenvalue weighted by molar-refractivity contribution is -0.124. The number of carbonyl (C=O) groups excluding carboxylic acids is 2. The first-order valence-electron chi connectivity index (χ1n) is 9.81. The number of hydrogen-bond acceptors (Lipinski definition) is 5. The van der Waals surface area contributed by atoms with Gasteiger partial charge in [-0.25, -0.2) is 14.2 Å². The number of para-hydroxylation sites is 1. The molecule has 1 amide bonds. The molecule has 0 bridgehead atoms. The Labute approximate surface area is 173 Å². The molecule has 2 aromatic carbocycles. The predicted octanol–water partition coefficient (Wildman–Crippen LogP) is 3.49. The first-order chi connectivity index (χ1) is 14.6. The van der Waals surface area contributed by atoms with Gasteiger partial charge in [-0.15, -0.1) is 0 Å².